The second-order valence-corrected chi connectivity index (χ2v) is 5.39. The van der Waals surface area contributed by atoms with E-state index >= 15 is 0 Å². The number of nitrogens with two attached hydrogens (primary N) is 1. The van der Waals surface area contributed by atoms with E-state index in [-0.39, 0.29) is 6.79 Å². The molecule has 1 heterocycles. The van der Waals surface area contributed by atoms with Crippen LogP contribution < -0.4 is 20.5 Å². The van der Waals surface area contributed by atoms with Crippen LogP contribution >= 0.6 is 12.2 Å². The SMILES string of the molecule is Cc1ccc(NCc2ccc3c(c2)OCO3)c(C(N)=S)c1. The van der Waals surface area contributed by atoms with Gasteiger partial charge >= 0.3 is 0 Å². The molecule has 0 aromatic heterocycles. The minimum atomic E-state index is 0.287. The maximum Gasteiger partial charge on any atom is 0.231 e. The van der Waals surface area contributed by atoms with Gasteiger partial charge in [0.05, 0.1) is 0 Å². The van der Waals surface area contributed by atoms with Crippen molar-refractivity contribution in [2.75, 3.05) is 12.1 Å². The van der Waals surface area contributed by atoms with Crippen LogP contribution in [0.2, 0.25) is 0 Å². The zero-order chi connectivity index (χ0) is 14.8. The summed E-state index contributed by atoms with van der Waals surface area (Å²) in [5.74, 6) is 1.57. The van der Waals surface area contributed by atoms with Gasteiger partial charge in [0.2, 0.25) is 6.79 Å². The molecule has 1 aliphatic rings. The molecule has 0 spiro atoms. The first-order chi connectivity index (χ1) is 10.1. The summed E-state index contributed by atoms with van der Waals surface area (Å²) < 4.78 is 10.7. The van der Waals surface area contributed by atoms with E-state index in [2.05, 4.69) is 5.32 Å². The van der Waals surface area contributed by atoms with Crippen LogP contribution in [-0.4, -0.2) is 11.8 Å². The molecule has 0 saturated heterocycles. The molecule has 108 valence electrons. The molecule has 0 fully saturated rings. The Morgan fingerprint density at radius 2 is 2.00 bits per heavy atom. The molecule has 0 bridgehead atoms. The Morgan fingerprint density at radius 1 is 1.19 bits per heavy atom. The van der Waals surface area contributed by atoms with Crippen molar-refractivity contribution < 1.29 is 9.47 Å². The molecule has 3 rings (SSSR count). The van der Waals surface area contributed by atoms with E-state index in [1.165, 1.54) is 0 Å². The minimum Gasteiger partial charge on any atom is -0.454 e. The molecule has 1 aliphatic heterocycles. The van der Waals surface area contributed by atoms with E-state index in [9.17, 15) is 0 Å². The largest absolute Gasteiger partial charge is 0.454 e. The summed E-state index contributed by atoms with van der Waals surface area (Å²) in [4.78, 5) is 0.395. The highest BCUT2D eigenvalue weighted by atomic mass is 32.1. The number of hydrogen-bond acceptors (Lipinski definition) is 4. The normalized spacial score (nSPS) is 12.2. The Morgan fingerprint density at radius 3 is 2.81 bits per heavy atom. The van der Waals surface area contributed by atoms with Gasteiger partial charge in [-0.3, -0.25) is 0 Å². The van der Waals surface area contributed by atoms with Crippen LogP contribution in [-0.2, 0) is 6.54 Å². The number of benzene rings is 2. The Balaban J connectivity index is 1.77. The van der Waals surface area contributed by atoms with Gasteiger partial charge in [0, 0.05) is 17.8 Å². The van der Waals surface area contributed by atoms with Gasteiger partial charge in [0.15, 0.2) is 11.5 Å². The van der Waals surface area contributed by atoms with Crippen LogP contribution in [0.5, 0.6) is 11.5 Å². The fourth-order valence-corrected chi connectivity index (χ4v) is 2.43. The number of rotatable bonds is 4. The molecule has 5 heteroatoms. The van der Waals surface area contributed by atoms with Crippen LogP contribution in [0.1, 0.15) is 16.7 Å². The first-order valence-electron chi connectivity index (χ1n) is 6.66. The van der Waals surface area contributed by atoms with Gasteiger partial charge in [-0.2, -0.15) is 0 Å². The summed E-state index contributed by atoms with van der Waals surface area (Å²) in [5, 5.41) is 3.37. The highest BCUT2D eigenvalue weighted by Crippen LogP contribution is 2.32. The number of aryl methyl sites for hydroxylation is 1. The van der Waals surface area contributed by atoms with E-state index in [0.29, 0.717) is 11.5 Å². The van der Waals surface area contributed by atoms with E-state index in [1.807, 2.05) is 43.3 Å². The first-order valence-corrected chi connectivity index (χ1v) is 7.07. The van der Waals surface area contributed by atoms with Crippen LogP contribution in [0.3, 0.4) is 0 Å². The molecule has 0 saturated carbocycles. The topological polar surface area (TPSA) is 56.5 Å². The number of anilines is 1. The molecule has 3 N–H and O–H groups in total. The molecule has 2 aromatic rings. The van der Waals surface area contributed by atoms with Gasteiger partial charge in [-0.1, -0.05) is 29.9 Å². The summed E-state index contributed by atoms with van der Waals surface area (Å²) in [6.45, 7) is 2.97. The third kappa shape index (κ3) is 2.92. The van der Waals surface area contributed by atoms with Gasteiger partial charge in [-0.05, 0) is 36.8 Å². The van der Waals surface area contributed by atoms with Gasteiger partial charge in [-0.15, -0.1) is 0 Å². The molecule has 2 aromatic carbocycles. The average Bonchev–Trinajstić information content (AvgIpc) is 2.93. The lowest BCUT2D eigenvalue weighted by molar-refractivity contribution is 0.174. The Labute approximate surface area is 128 Å². The summed E-state index contributed by atoms with van der Waals surface area (Å²) in [5.41, 5.74) is 9.82. The van der Waals surface area contributed by atoms with E-state index in [4.69, 9.17) is 27.4 Å². The monoisotopic (exact) mass is 300 g/mol. The maximum absolute atomic E-state index is 5.78. The second kappa shape index (κ2) is 5.61. The fraction of sp³-hybridized carbons (Fsp3) is 0.188. The molecule has 0 radical (unpaired) electrons. The molecule has 0 unspecified atom stereocenters. The zero-order valence-electron chi connectivity index (χ0n) is 11.7. The summed E-state index contributed by atoms with van der Waals surface area (Å²) >= 11 is 5.11. The summed E-state index contributed by atoms with van der Waals surface area (Å²) in [6.07, 6.45) is 0. The number of thiocarbonyl (C=S) groups is 1. The van der Waals surface area contributed by atoms with E-state index < -0.39 is 0 Å². The van der Waals surface area contributed by atoms with Gasteiger partial charge in [0.1, 0.15) is 4.99 Å². The highest BCUT2D eigenvalue weighted by molar-refractivity contribution is 7.80. The molecule has 0 aliphatic carbocycles. The van der Waals surface area contributed by atoms with Crippen LogP contribution in [0, 0.1) is 6.92 Å². The molecular formula is C16H16N2O2S. The smallest absolute Gasteiger partial charge is 0.231 e. The van der Waals surface area contributed by atoms with Crippen LogP contribution in [0.4, 0.5) is 5.69 Å². The zero-order valence-corrected chi connectivity index (χ0v) is 12.5. The van der Waals surface area contributed by atoms with Crippen LogP contribution in [0.15, 0.2) is 36.4 Å². The van der Waals surface area contributed by atoms with Crippen molar-refractivity contribution >= 4 is 22.9 Å². The van der Waals surface area contributed by atoms with Gasteiger partial charge in [-0.25, -0.2) is 0 Å². The van der Waals surface area contributed by atoms with Crippen LogP contribution in [0.25, 0.3) is 0 Å². The lowest BCUT2D eigenvalue weighted by atomic mass is 10.1. The minimum absolute atomic E-state index is 0.287. The van der Waals surface area contributed by atoms with Crippen molar-refractivity contribution in [2.24, 2.45) is 5.73 Å². The molecule has 0 atom stereocenters. The Hall–Kier alpha value is -2.27. The first kappa shape index (κ1) is 13.7. The lowest BCUT2D eigenvalue weighted by Crippen LogP contribution is -2.13. The van der Waals surface area contributed by atoms with Gasteiger partial charge in [0.25, 0.3) is 0 Å². The van der Waals surface area contributed by atoms with Crippen molar-refractivity contribution in [3.05, 3.63) is 53.1 Å². The van der Waals surface area contributed by atoms with Crippen molar-refractivity contribution in [1.29, 1.82) is 0 Å². The van der Waals surface area contributed by atoms with Crippen molar-refractivity contribution in [1.82, 2.24) is 0 Å². The third-order valence-electron chi connectivity index (χ3n) is 3.36. The standard InChI is InChI=1S/C16H16N2O2S/c1-10-2-4-13(12(6-10)16(17)21)18-8-11-3-5-14-15(7-11)20-9-19-14/h2-7,18H,8-9H2,1H3,(H2,17,21). The third-order valence-corrected chi connectivity index (χ3v) is 3.58. The summed E-state index contributed by atoms with van der Waals surface area (Å²) in [7, 11) is 0. The number of nitrogens with one attached hydrogen (secondary N) is 1. The van der Waals surface area contributed by atoms with Crippen molar-refractivity contribution in [2.45, 2.75) is 13.5 Å². The highest BCUT2D eigenvalue weighted by Gasteiger charge is 2.13. The Bertz CT molecular complexity index is 701. The predicted molar refractivity (Wildman–Crippen MR) is 87.0 cm³/mol. The predicted octanol–water partition coefficient (Wildman–Crippen LogP) is 2.97. The average molecular weight is 300 g/mol. The molecular weight excluding hydrogens is 284 g/mol. The maximum atomic E-state index is 5.78. The number of ether oxygens (including phenoxy) is 2. The van der Waals surface area contributed by atoms with Crippen molar-refractivity contribution in [3.8, 4) is 11.5 Å². The van der Waals surface area contributed by atoms with Crippen molar-refractivity contribution in [3.63, 3.8) is 0 Å². The van der Waals surface area contributed by atoms with Gasteiger partial charge < -0.3 is 20.5 Å². The second-order valence-electron chi connectivity index (χ2n) is 4.95. The fourth-order valence-electron chi connectivity index (χ4n) is 2.26. The number of hydrogen-bond donors (Lipinski definition) is 2. The summed E-state index contributed by atoms with van der Waals surface area (Å²) in [6, 6.07) is 11.9. The molecule has 0 amide bonds. The quantitative estimate of drug-likeness (QED) is 0.850. The number of fused-ring (bicyclic) bond motifs is 1. The lowest BCUT2D eigenvalue weighted by Gasteiger charge is -2.12. The van der Waals surface area contributed by atoms with E-state index in [1.54, 1.807) is 0 Å². The molecule has 4 nitrogen and oxygen atoms in total. The molecule has 21 heavy (non-hydrogen) atoms. The van der Waals surface area contributed by atoms with E-state index in [0.717, 1.165) is 33.9 Å². The Kier molecular flexibility index (Phi) is 3.66.